The topological polar surface area (TPSA) is 33.3 Å². The molecular formula is C11H22N2O. The van der Waals surface area contributed by atoms with E-state index in [2.05, 4.69) is 17.6 Å². The van der Waals surface area contributed by atoms with E-state index in [1.165, 1.54) is 12.8 Å². The van der Waals surface area contributed by atoms with Crippen LogP contribution < -0.4 is 10.6 Å². The zero-order valence-corrected chi connectivity index (χ0v) is 9.09. The highest BCUT2D eigenvalue weighted by atomic mass is 16.5. The van der Waals surface area contributed by atoms with Crippen LogP contribution in [0.15, 0.2) is 0 Å². The molecule has 0 radical (unpaired) electrons. The fourth-order valence-electron chi connectivity index (χ4n) is 2.32. The lowest BCUT2D eigenvalue weighted by Crippen LogP contribution is -2.44. The van der Waals surface area contributed by atoms with Crippen LogP contribution in [0.1, 0.15) is 26.2 Å². The Hall–Kier alpha value is -0.120. The van der Waals surface area contributed by atoms with Crippen molar-refractivity contribution >= 4 is 0 Å². The van der Waals surface area contributed by atoms with Crippen LogP contribution >= 0.6 is 0 Å². The van der Waals surface area contributed by atoms with E-state index >= 15 is 0 Å². The molecule has 0 bridgehead atoms. The molecule has 1 aliphatic carbocycles. The van der Waals surface area contributed by atoms with Gasteiger partial charge in [-0.1, -0.05) is 6.92 Å². The normalized spacial score (nSPS) is 37.9. The largest absolute Gasteiger partial charge is 0.376 e. The van der Waals surface area contributed by atoms with E-state index in [0.29, 0.717) is 6.10 Å². The third kappa shape index (κ3) is 2.94. The molecule has 0 aromatic heterocycles. The van der Waals surface area contributed by atoms with Gasteiger partial charge in [-0.2, -0.15) is 0 Å². The molecule has 2 rings (SSSR count). The molecule has 1 atom stereocenters. The minimum absolute atomic E-state index is 0.439. The van der Waals surface area contributed by atoms with Crippen molar-refractivity contribution in [3.8, 4) is 0 Å². The van der Waals surface area contributed by atoms with Gasteiger partial charge in [0.2, 0.25) is 0 Å². The zero-order valence-electron chi connectivity index (χ0n) is 9.09. The molecule has 1 aliphatic heterocycles. The molecule has 0 amide bonds. The molecule has 2 fully saturated rings. The molecule has 2 N–H and O–H groups in total. The molecule has 2 aliphatic rings. The summed E-state index contributed by atoms with van der Waals surface area (Å²) in [4.78, 5) is 0. The van der Waals surface area contributed by atoms with E-state index in [9.17, 15) is 0 Å². The van der Waals surface area contributed by atoms with Crippen LogP contribution in [0.5, 0.6) is 0 Å². The smallest absolute Gasteiger partial charge is 0.0712 e. The maximum Gasteiger partial charge on any atom is 0.0712 e. The first-order chi connectivity index (χ1) is 6.84. The zero-order chi connectivity index (χ0) is 9.80. The second-order valence-corrected chi connectivity index (χ2v) is 4.71. The average Bonchev–Trinajstić information content (AvgIpc) is 2.17. The van der Waals surface area contributed by atoms with E-state index in [-0.39, 0.29) is 0 Å². The maximum absolute atomic E-state index is 5.63. The van der Waals surface area contributed by atoms with Gasteiger partial charge in [0, 0.05) is 19.1 Å². The molecular weight excluding hydrogens is 176 g/mol. The Kier molecular flexibility index (Phi) is 3.79. The van der Waals surface area contributed by atoms with E-state index in [1.807, 2.05) is 0 Å². The van der Waals surface area contributed by atoms with Gasteiger partial charge in [0.05, 0.1) is 12.7 Å². The first-order valence-corrected chi connectivity index (χ1v) is 5.90. The first kappa shape index (κ1) is 10.4. The lowest BCUT2D eigenvalue weighted by atomic mass is 9.82. The van der Waals surface area contributed by atoms with Gasteiger partial charge in [-0.25, -0.2) is 0 Å². The summed E-state index contributed by atoms with van der Waals surface area (Å²) < 4.78 is 5.63. The van der Waals surface area contributed by atoms with Gasteiger partial charge in [-0.3, -0.25) is 0 Å². The Bertz CT molecular complexity index is 163. The highest BCUT2D eigenvalue weighted by Gasteiger charge is 2.24. The van der Waals surface area contributed by atoms with Crippen molar-refractivity contribution in [3.63, 3.8) is 0 Å². The summed E-state index contributed by atoms with van der Waals surface area (Å²) in [5, 5.41) is 6.94. The van der Waals surface area contributed by atoms with Crippen LogP contribution in [0.25, 0.3) is 0 Å². The fourth-order valence-corrected chi connectivity index (χ4v) is 2.32. The van der Waals surface area contributed by atoms with E-state index in [4.69, 9.17) is 4.74 Å². The fraction of sp³-hybridized carbons (Fsp3) is 1.00. The van der Waals surface area contributed by atoms with Gasteiger partial charge in [0.15, 0.2) is 0 Å². The summed E-state index contributed by atoms with van der Waals surface area (Å²) in [5.74, 6) is 0.945. The minimum atomic E-state index is 0.439. The van der Waals surface area contributed by atoms with Crippen molar-refractivity contribution in [2.24, 2.45) is 5.92 Å². The predicted octanol–water partition coefficient (Wildman–Crippen LogP) is 0.753. The number of ether oxygens (including phenoxy) is 1. The average molecular weight is 198 g/mol. The molecule has 1 saturated heterocycles. The Morgan fingerprint density at radius 2 is 2.29 bits per heavy atom. The van der Waals surface area contributed by atoms with Crippen LogP contribution in [-0.2, 0) is 4.74 Å². The molecule has 1 unspecified atom stereocenters. The third-order valence-electron chi connectivity index (χ3n) is 3.28. The van der Waals surface area contributed by atoms with Crippen LogP contribution in [0.2, 0.25) is 0 Å². The van der Waals surface area contributed by atoms with Gasteiger partial charge in [-0.15, -0.1) is 0 Å². The summed E-state index contributed by atoms with van der Waals surface area (Å²) in [5.41, 5.74) is 0. The Morgan fingerprint density at radius 3 is 2.93 bits per heavy atom. The Labute approximate surface area is 86.6 Å². The van der Waals surface area contributed by atoms with E-state index in [1.54, 1.807) is 0 Å². The molecule has 14 heavy (non-hydrogen) atoms. The monoisotopic (exact) mass is 198 g/mol. The third-order valence-corrected chi connectivity index (χ3v) is 3.28. The van der Waals surface area contributed by atoms with Crippen molar-refractivity contribution in [2.75, 3.05) is 26.2 Å². The number of nitrogens with one attached hydrogen (secondary N) is 2. The minimum Gasteiger partial charge on any atom is -0.376 e. The van der Waals surface area contributed by atoms with Crippen LogP contribution in [0.4, 0.5) is 0 Å². The molecule has 3 heteroatoms. The molecule has 0 aromatic carbocycles. The number of hydrogen-bond donors (Lipinski definition) is 2. The van der Waals surface area contributed by atoms with Gasteiger partial charge >= 0.3 is 0 Å². The van der Waals surface area contributed by atoms with Crippen LogP contribution in [0, 0.1) is 5.92 Å². The molecule has 0 aromatic rings. The molecule has 0 spiro atoms. The Morgan fingerprint density at radius 1 is 1.43 bits per heavy atom. The second-order valence-electron chi connectivity index (χ2n) is 4.71. The number of morpholine rings is 1. The molecule has 82 valence electrons. The summed E-state index contributed by atoms with van der Waals surface area (Å²) in [6.45, 7) is 6.37. The van der Waals surface area contributed by atoms with Gasteiger partial charge < -0.3 is 15.4 Å². The second kappa shape index (κ2) is 5.10. The summed E-state index contributed by atoms with van der Waals surface area (Å²) in [7, 11) is 0. The predicted molar refractivity (Wildman–Crippen MR) is 57.4 cm³/mol. The standard InChI is InChI=1S/C11H22N2O/c1-9-6-10(7-9)13-3-2-11-8-12-4-5-14-11/h9-13H,2-8H2,1H3. The molecule has 3 nitrogen and oxygen atoms in total. The maximum atomic E-state index is 5.63. The lowest BCUT2D eigenvalue weighted by Gasteiger charge is -2.34. The summed E-state index contributed by atoms with van der Waals surface area (Å²) >= 11 is 0. The van der Waals surface area contributed by atoms with Crippen molar-refractivity contribution < 1.29 is 4.74 Å². The Balaban J connectivity index is 1.50. The van der Waals surface area contributed by atoms with Gasteiger partial charge in [0.1, 0.15) is 0 Å². The summed E-state index contributed by atoms with van der Waals surface area (Å²) in [6.07, 6.45) is 4.32. The number of hydrogen-bond acceptors (Lipinski definition) is 3. The quantitative estimate of drug-likeness (QED) is 0.699. The lowest BCUT2D eigenvalue weighted by molar-refractivity contribution is 0.0227. The van der Waals surface area contributed by atoms with Crippen LogP contribution in [-0.4, -0.2) is 38.4 Å². The van der Waals surface area contributed by atoms with Crippen LogP contribution in [0.3, 0.4) is 0 Å². The highest BCUT2D eigenvalue weighted by Crippen LogP contribution is 2.26. The SMILES string of the molecule is CC1CC(NCCC2CNCCO2)C1. The van der Waals surface area contributed by atoms with Crippen molar-refractivity contribution in [1.29, 1.82) is 0 Å². The van der Waals surface area contributed by atoms with E-state index in [0.717, 1.165) is 44.6 Å². The van der Waals surface area contributed by atoms with Crippen molar-refractivity contribution in [1.82, 2.24) is 10.6 Å². The summed E-state index contributed by atoms with van der Waals surface area (Å²) in [6, 6.07) is 0.793. The molecule has 1 saturated carbocycles. The van der Waals surface area contributed by atoms with Gasteiger partial charge in [-0.05, 0) is 31.7 Å². The van der Waals surface area contributed by atoms with Gasteiger partial charge in [0.25, 0.3) is 0 Å². The first-order valence-electron chi connectivity index (χ1n) is 5.90. The highest BCUT2D eigenvalue weighted by molar-refractivity contribution is 4.82. The van der Waals surface area contributed by atoms with Crippen molar-refractivity contribution in [3.05, 3.63) is 0 Å². The number of rotatable bonds is 4. The van der Waals surface area contributed by atoms with E-state index < -0.39 is 0 Å². The molecule has 1 heterocycles. The van der Waals surface area contributed by atoms with Crippen molar-refractivity contribution in [2.45, 2.75) is 38.3 Å².